The molecular formula is C25H30FN3O2. The van der Waals surface area contributed by atoms with Gasteiger partial charge in [0.2, 0.25) is 5.91 Å². The first-order chi connectivity index (χ1) is 15.0. The molecule has 1 saturated heterocycles. The number of nitrogens with one attached hydrogen (secondary N) is 2. The average Bonchev–Trinajstić information content (AvgIpc) is 2.72. The molecule has 2 aliphatic rings. The smallest absolute Gasteiger partial charge is 0.253 e. The molecule has 31 heavy (non-hydrogen) atoms. The second-order valence-electron chi connectivity index (χ2n) is 8.83. The van der Waals surface area contributed by atoms with E-state index < -0.39 is 0 Å². The zero-order valence-electron chi connectivity index (χ0n) is 18.0. The van der Waals surface area contributed by atoms with Gasteiger partial charge in [-0.2, -0.15) is 0 Å². The molecule has 6 heteroatoms. The zero-order chi connectivity index (χ0) is 21.8. The lowest BCUT2D eigenvalue weighted by molar-refractivity contribution is -0.122. The zero-order valence-corrected chi connectivity index (χ0v) is 18.0. The predicted molar refractivity (Wildman–Crippen MR) is 121 cm³/mol. The van der Waals surface area contributed by atoms with Crippen LogP contribution in [0.4, 0.5) is 15.8 Å². The first kappa shape index (κ1) is 21.3. The molecule has 1 aliphatic carbocycles. The van der Waals surface area contributed by atoms with Gasteiger partial charge in [-0.15, -0.1) is 0 Å². The minimum absolute atomic E-state index is 0.0310. The Morgan fingerprint density at radius 3 is 2.39 bits per heavy atom. The van der Waals surface area contributed by atoms with Gasteiger partial charge in [-0.25, -0.2) is 4.39 Å². The van der Waals surface area contributed by atoms with Crippen molar-refractivity contribution in [3.05, 3.63) is 59.4 Å². The second kappa shape index (κ2) is 9.50. The highest BCUT2D eigenvalue weighted by Gasteiger charge is 2.26. The van der Waals surface area contributed by atoms with Crippen LogP contribution in [-0.2, 0) is 11.3 Å². The first-order valence-electron chi connectivity index (χ1n) is 11.2. The van der Waals surface area contributed by atoms with Gasteiger partial charge in [-0.3, -0.25) is 9.59 Å². The third kappa shape index (κ3) is 5.24. The van der Waals surface area contributed by atoms with Crippen molar-refractivity contribution in [1.82, 2.24) is 5.32 Å². The summed E-state index contributed by atoms with van der Waals surface area (Å²) in [7, 11) is 0. The van der Waals surface area contributed by atoms with E-state index in [1.807, 2.05) is 12.1 Å². The highest BCUT2D eigenvalue weighted by molar-refractivity contribution is 6.02. The van der Waals surface area contributed by atoms with Crippen LogP contribution < -0.4 is 15.5 Å². The summed E-state index contributed by atoms with van der Waals surface area (Å²) in [4.78, 5) is 27.8. The number of hydrogen-bond acceptors (Lipinski definition) is 3. The van der Waals surface area contributed by atoms with Gasteiger partial charge in [0.05, 0.1) is 5.56 Å². The van der Waals surface area contributed by atoms with E-state index in [0.717, 1.165) is 56.4 Å². The first-order valence-corrected chi connectivity index (χ1v) is 11.2. The predicted octanol–water partition coefficient (Wildman–Crippen LogP) is 4.73. The maximum Gasteiger partial charge on any atom is 0.253 e. The van der Waals surface area contributed by atoms with Gasteiger partial charge in [0, 0.05) is 36.9 Å². The molecule has 0 spiro atoms. The van der Waals surface area contributed by atoms with Gasteiger partial charge in [-0.1, -0.05) is 25.5 Å². The summed E-state index contributed by atoms with van der Waals surface area (Å²) in [6.07, 6.45) is 5.15. The molecule has 2 N–H and O–H groups in total. The molecule has 2 aromatic rings. The number of halogens is 1. The molecule has 2 fully saturated rings. The number of rotatable bonds is 6. The van der Waals surface area contributed by atoms with E-state index in [4.69, 9.17) is 0 Å². The summed E-state index contributed by atoms with van der Waals surface area (Å²) in [5, 5.41) is 5.93. The SMILES string of the molecule is CC1CCN(c2ccc(NC(=O)C3CCC3)cc2C(=O)NCc2ccc(F)cc2)CC1. The van der Waals surface area contributed by atoms with E-state index in [1.54, 1.807) is 18.2 Å². The van der Waals surface area contributed by atoms with E-state index >= 15 is 0 Å². The van der Waals surface area contributed by atoms with Crippen molar-refractivity contribution >= 4 is 23.2 Å². The summed E-state index contributed by atoms with van der Waals surface area (Å²) >= 11 is 0. The van der Waals surface area contributed by atoms with Gasteiger partial charge in [0.25, 0.3) is 5.91 Å². The summed E-state index contributed by atoms with van der Waals surface area (Å²) in [5.41, 5.74) is 2.93. The molecule has 0 bridgehead atoms. The highest BCUT2D eigenvalue weighted by Crippen LogP contribution is 2.31. The van der Waals surface area contributed by atoms with E-state index in [1.165, 1.54) is 12.1 Å². The number of anilines is 2. The number of carbonyl (C=O) groups excluding carboxylic acids is 2. The lowest BCUT2D eigenvalue weighted by Gasteiger charge is -2.33. The van der Waals surface area contributed by atoms with Crippen molar-refractivity contribution in [2.24, 2.45) is 11.8 Å². The molecule has 1 aliphatic heterocycles. The molecule has 2 aromatic carbocycles. The molecule has 1 heterocycles. The Bertz CT molecular complexity index is 932. The third-order valence-corrected chi connectivity index (χ3v) is 6.48. The Morgan fingerprint density at radius 1 is 1.03 bits per heavy atom. The van der Waals surface area contributed by atoms with Crippen LogP contribution in [-0.4, -0.2) is 24.9 Å². The van der Waals surface area contributed by atoms with E-state index in [0.29, 0.717) is 23.7 Å². The fraction of sp³-hybridized carbons (Fsp3) is 0.440. The van der Waals surface area contributed by atoms with Gasteiger partial charge in [0.1, 0.15) is 5.82 Å². The van der Waals surface area contributed by atoms with Crippen LogP contribution in [0, 0.1) is 17.7 Å². The molecule has 164 valence electrons. The topological polar surface area (TPSA) is 61.4 Å². The van der Waals surface area contributed by atoms with Crippen LogP contribution in [0.1, 0.15) is 54.9 Å². The monoisotopic (exact) mass is 423 g/mol. The second-order valence-corrected chi connectivity index (χ2v) is 8.83. The summed E-state index contributed by atoms with van der Waals surface area (Å²) < 4.78 is 13.1. The summed E-state index contributed by atoms with van der Waals surface area (Å²) in [6, 6.07) is 11.7. The minimum Gasteiger partial charge on any atom is -0.371 e. The molecule has 5 nitrogen and oxygen atoms in total. The van der Waals surface area contributed by atoms with Crippen molar-refractivity contribution < 1.29 is 14.0 Å². The van der Waals surface area contributed by atoms with Crippen molar-refractivity contribution in [3.63, 3.8) is 0 Å². The van der Waals surface area contributed by atoms with Gasteiger partial charge < -0.3 is 15.5 Å². The lowest BCUT2D eigenvalue weighted by atomic mass is 9.85. The normalized spacial score (nSPS) is 17.2. The summed E-state index contributed by atoms with van der Waals surface area (Å²) in [5.74, 6) is 0.305. The van der Waals surface area contributed by atoms with Crippen LogP contribution >= 0.6 is 0 Å². The number of benzene rings is 2. The molecular weight excluding hydrogens is 393 g/mol. The van der Waals surface area contributed by atoms with E-state index in [9.17, 15) is 14.0 Å². The van der Waals surface area contributed by atoms with Crippen LogP contribution in [0.3, 0.4) is 0 Å². The van der Waals surface area contributed by atoms with Gasteiger partial charge >= 0.3 is 0 Å². The standard InChI is InChI=1S/C25H30FN3O2/c1-17-11-13-29(14-12-17)23-10-9-21(28-24(30)19-3-2-4-19)15-22(23)25(31)27-16-18-5-7-20(26)8-6-18/h5-10,15,17,19H,2-4,11-14,16H2,1H3,(H,27,31)(H,28,30). The Hall–Kier alpha value is -2.89. The Kier molecular flexibility index (Phi) is 6.54. The number of piperidine rings is 1. The molecule has 0 aromatic heterocycles. The fourth-order valence-electron chi connectivity index (χ4n) is 4.12. The number of amides is 2. The molecule has 0 unspecified atom stereocenters. The molecule has 2 amide bonds. The van der Waals surface area contributed by atoms with Crippen LogP contribution in [0.5, 0.6) is 0 Å². The van der Waals surface area contributed by atoms with Crippen molar-refractivity contribution in [2.75, 3.05) is 23.3 Å². The maximum atomic E-state index is 13.1. The largest absolute Gasteiger partial charge is 0.371 e. The van der Waals surface area contributed by atoms with Gasteiger partial charge in [0.15, 0.2) is 0 Å². The number of hydrogen-bond donors (Lipinski definition) is 2. The van der Waals surface area contributed by atoms with Gasteiger partial charge in [-0.05, 0) is 67.5 Å². The van der Waals surface area contributed by atoms with E-state index in [-0.39, 0.29) is 23.5 Å². The average molecular weight is 424 g/mol. The molecule has 1 saturated carbocycles. The Balaban J connectivity index is 1.53. The van der Waals surface area contributed by atoms with Crippen molar-refractivity contribution in [3.8, 4) is 0 Å². The molecule has 0 radical (unpaired) electrons. The van der Waals surface area contributed by atoms with Crippen molar-refractivity contribution in [1.29, 1.82) is 0 Å². The Morgan fingerprint density at radius 2 is 1.74 bits per heavy atom. The fourth-order valence-corrected chi connectivity index (χ4v) is 4.12. The quantitative estimate of drug-likeness (QED) is 0.706. The molecule has 0 atom stereocenters. The number of nitrogens with zero attached hydrogens (tertiary/aromatic N) is 1. The van der Waals surface area contributed by atoms with Crippen LogP contribution in [0.2, 0.25) is 0 Å². The van der Waals surface area contributed by atoms with Crippen LogP contribution in [0.15, 0.2) is 42.5 Å². The maximum absolute atomic E-state index is 13.1. The highest BCUT2D eigenvalue weighted by atomic mass is 19.1. The van der Waals surface area contributed by atoms with Crippen molar-refractivity contribution in [2.45, 2.75) is 45.6 Å². The summed E-state index contributed by atoms with van der Waals surface area (Å²) in [6.45, 7) is 4.39. The number of carbonyl (C=O) groups is 2. The minimum atomic E-state index is -0.299. The van der Waals surface area contributed by atoms with Crippen LogP contribution in [0.25, 0.3) is 0 Å². The third-order valence-electron chi connectivity index (χ3n) is 6.48. The Labute approximate surface area is 183 Å². The molecule has 4 rings (SSSR count). The lowest BCUT2D eigenvalue weighted by Crippen LogP contribution is -2.35. The van der Waals surface area contributed by atoms with E-state index in [2.05, 4.69) is 22.5 Å².